The van der Waals surface area contributed by atoms with E-state index in [4.69, 9.17) is 4.43 Å². The summed E-state index contributed by atoms with van der Waals surface area (Å²) in [5, 5.41) is 0. The van der Waals surface area contributed by atoms with Gasteiger partial charge in [0.1, 0.15) is 0 Å². The molecule has 0 amide bonds. The Morgan fingerprint density at radius 3 is 1.38 bits per heavy atom. The van der Waals surface area contributed by atoms with Crippen molar-refractivity contribution >= 4 is 14.3 Å². The maximum Gasteiger partial charge on any atom is 0.292 e. The van der Waals surface area contributed by atoms with E-state index in [1.807, 2.05) is 6.92 Å². The standard InChI is InChI=1S/C18H38O2Si/c1-8-18(19)20-21(12-9-15(2)3,13-10-16(4)5)14-11-17(6)7/h15-17H,8-14H2,1-7H3. The molecular formula is C18H38O2Si. The summed E-state index contributed by atoms with van der Waals surface area (Å²) < 4.78 is 6.14. The first kappa shape index (κ1) is 20.7. The second-order valence-electron chi connectivity index (χ2n) is 7.81. The van der Waals surface area contributed by atoms with Crippen LogP contribution < -0.4 is 0 Å². The van der Waals surface area contributed by atoms with Crippen molar-refractivity contribution in [3.8, 4) is 0 Å². The molecule has 0 aromatic heterocycles. The fourth-order valence-corrected chi connectivity index (χ4v) is 7.49. The van der Waals surface area contributed by atoms with E-state index < -0.39 is 8.32 Å². The van der Waals surface area contributed by atoms with E-state index in [1.54, 1.807) is 0 Å². The smallest absolute Gasteiger partial charge is 0.292 e. The normalized spacial score (nSPS) is 12.5. The minimum absolute atomic E-state index is 0.0259. The molecule has 0 N–H and O–H groups in total. The number of hydrogen-bond donors (Lipinski definition) is 0. The van der Waals surface area contributed by atoms with Crippen molar-refractivity contribution in [2.75, 3.05) is 0 Å². The summed E-state index contributed by atoms with van der Waals surface area (Å²) in [5.41, 5.74) is 0. The Balaban J connectivity index is 4.99. The second kappa shape index (κ2) is 10.4. The fraction of sp³-hybridized carbons (Fsp3) is 0.944. The molecule has 0 aromatic rings. The Hall–Kier alpha value is -0.313. The molecule has 0 atom stereocenters. The Morgan fingerprint density at radius 1 is 0.810 bits per heavy atom. The SMILES string of the molecule is CCC(=O)O[Si](CCC(C)C)(CCC(C)C)CCC(C)C. The van der Waals surface area contributed by atoms with Gasteiger partial charge >= 0.3 is 0 Å². The third-order valence-corrected chi connectivity index (χ3v) is 8.41. The van der Waals surface area contributed by atoms with Crippen LogP contribution in [0.5, 0.6) is 0 Å². The predicted octanol–water partition coefficient (Wildman–Crippen LogP) is 6.02. The van der Waals surface area contributed by atoms with Gasteiger partial charge < -0.3 is 4.43 Å². The molecule has 0 bridgehead atoms. The summed E-state index contributed by atoms with van der Waals surface area (Å²) in [5.74, 6) is 2.10. The molecule has 3 heteroatoms. The zero-order valence-electron chi connectivity index (χ0n) is 15.5. The van der Waals surface area contributed by atoms with Crippen molar-refractivity contribution in [1.29, 1.82) is 0 Å². The molecule has 0 fully saturated rings. The predicted molar refractivity (Wildman–Crippen MR) is 94.9 cm³/mol. The van der Waals surface area contributed by atoms with E-state index in [0.717, 1.165) is 18.1 Å². The lowest BCUT2D eigenvalue weighted by Gasteiger charge is -2.33. The minimum atomic E-state index is -1.92. The lowest BCUT2D eigenvalue weighted by molar-refractivity contribution is -0.135. The van der Waals surface area contributed by atoms with Crippen LogP contribution in [0.1, 0.15) is 74.1 Å². The van der Waals surface area contributed by atoms with Gasteiger partial charge in [0.05, 0.1) is 0 Å². The fourth-order valence-electron chi connectivity index (χ4n) is 2.50. The van der Waals surface area contributed by atoms with Gasteiger partial charge in [0, 0.05) is 6.42 Å². The van der Waals surface area contributed by atoms with Gasteiger partial charge in [0.25, 0.3) is 14.3 Å². The summed E-state index contributed by atoms with van der Waals surface area (Å²) >= 11 is 0. The number of carbonyl (C=O) groups is 1. The number of hydrogen-bond acceptors (Lipinski definition) is 2. The monoisotopic (exact) mass is 314 g/mol. The van der Waals surface area contributed by atoms with Gasteiger partial charge in [-0.3, -0.25) is 4.79 Å². The maximum atomic E-state index is 12.0. The highest BCUT2D eigenvalue weighted by Gasteiger charge is 2.37. The number of rotatable bonds is 11. The lowest BCUT2D eigenvalue weighted by Crippen LogP contribution is -2.41. The molecule has 0 aliphatic heterocycles. The zero-order valence-corrected chi connectivity index (χ0v) is 16.5. The molecule has 0 radical (unpaired) electrons. The molecule has 21 heavy (non-hydrogen) atoms. The van der Waals surface area contributed by atoms with Crippen LogP contribution in [-0.2, 0) is 9.22 Å². The van der Waals surface area contributed by atoms with Crippen molar-refractivity contribution < 1.29 is 9.22 Å². The molecule has 0 unspecified atom stereocenters. The highest BCUT2D eigenvalue weighted by molar-refractivity contribution is 6.75. The first-order chi connectivity index (χ1) is 9.70. The third-order valence-electron chi connectivity index (χ3n) is 4.15. The molecule has 2 nitrogen and oxygen atoms in total. The van der Waals surface area contributed by atoms with E-state index in [2.05, 4.69) is 41.5 Å². The molecule has 0 aromatic carbocycles. The van der Waals surface area contributed by atoms with Crippen LogP contribution in [0.3, 0.4) is 0 Å². The van der Waals surface area contributed by atoms with Crippen molar-refractivity contribution in [2.45, 2.75) is 92.3 Å². The molecule has 0 aliphatic carbocycles. The molecule has 0 rings (SSSR count). The van der Waals surface area contributed by atoms with E-state index >= 15 is 0 Å². The zero-order chi connectivity index (χ0) is 16.5. The summed E-state index contributed by atoms with van der Waals surface area (Å²) in [6.45, 7) is 15.5. The van der Waals surface area contributed by atoms with E-state index in [9.17, 15) is 4.79 Å². The van der Waals surface area contributed by atoms with Gasteiger partial charge in [-0.2, -0.15) is 0 Å². The molecule has 0 saturated carbocycles. The third kappa shape index (κ3) is 10.1. The Kier molecular flexibility index (Phi) is 10.3. The summed E-state index contributed by atoms with van der Waals surface area (Å²) in [6, 6.07) is 3.45. The maximum absolute atomic E-state index is 12.0. The summed E-state index contributed by atoms with van der Waals surface area (Å²) in [6.07, 6.45) is 4.10. The van der Waals surface area contributed by atoms with Gasteiger partial charge in [-0.25, -0.2) is 0 Å². The summed E-state index contributed by atoms with van der Waals surface area (Å²) in [7, 11) is -1.92. The Bertz CT molecular complexity index is 254. The molecule has 126 valence electrons. The van der Waals surface area contributed by atoms with Crippen LogP contribution in [0.15, 0.2) is 0 Å². The van der Waals surface area contributed by atoms with Crippen LogP contribution in [0.4, 0.5) is 0 Å². The molecular weight excluding hydrogens is 276 g/mol. The van der Waals surface area contributed by atoms with Gasteiger partial charge in [-0.05, 0) is 35.9 Å². The van der Waals surface area contributed by atoms with E-state index in [0.29, 0.717) is 24.2 Å². The second-order valence-corrected chi connectivity index (χ2v) is 11.9. The van der Waals surface area contributed by atoms with Crippen molar-refractivity contribution in [2.24, 2.45) is 17.8 Å². The van der Waals surface area contributed by atoms with E-state index in [-0.39, 0.29) is 5.97 Å². The molecule has 0 spiro atoms. The van der Waals surface area contributed by atoms with Crippen molar-refractivity contribution in [3.63, 3.8) is 0 Å². The van der Waals surface area contributed by atoms with Crippen LogP contribution in [0.25, 0.3) is 0 Å². The molecule has 0 saturated heterocycles. The quantitative estimate of drug-likeness (QED) is 0.436. The minimum Gasteiger partial charge on any atom is -0.519 e. The van der Waals surface area contributed by atoms with Crippen LogP contribution >= 0.6 is 0 Å². The molecule has 0 aliphatic rings. The largest absolute Gasteiger partial charge is 0.519 e. The van der Waals surface area contributed by atoms with Crippen LogP contribution in [-0.4, -0.2) is 14.3 Å². The van der Waals surface area contributed by atoms with Gasteiger partial charge in [-0.1, -0.05) is 67.7 Å². The number of carbonyl (C=O) groups excluding carboxylic acids is 1. The molecule has 0 heterocycles. The lowest BCUT2D eigenvalue weighted by atomic mass is 10.2. The highest BCUT2D eigenvalue weighted by Crippen LogP contribution is 2.32. The average Bonchev–Trinajstić information content (AvgIpc) is 2.40. The van der Waals surface area contributed by atoms with E-state index in [1.165, 1.54) is 19.3 Å². The Labute approximate surface area is 134 Å². The van der Waals surface area contributed by atoms with Crippen LogP contribution in [0, 0.1) is 17.8 Å². The Morgan fingerprint density at radius 2 is 1.14 bits per heavy atom. The van der Waals surface area contributed by atoms with Crippen molar-refractivity contribution in [3.05, 3.63) is 0 Å². The highest BCUT2D eigenvalue weighted by atomic mass is 28.4. The van der Waals surface area contributed by atoms with Crippen LogP contribution in [0.2, 0.25) is 18.1 Å². The van der Waals surface area contributed by atoms with Gasteiger partial charge in [0.2, 0.25) is 0 Å². The first-order valence-corrected chi connectivity index (χ1v) is 11.5. The topological polar surface area (TPSA) is 26.3 Å². The average molecular weight is 315 g/mol. The van der Waals surface area contributed by atoms with Gasteiger partial charge in [-0.15, -0.1) is 0 Å². The van der Waals surface area contributed by atoms with Crippen molar-refractivity contribution in [1.82, 2.24) is 0 Å². The summed E-state index contributed by atoms with van der Waals surface area (Å²) in [4.78, 5) is 12.0. The van der Waals surface area contributed by atoms with Gasteiger partial charge in [0.15, 0.2) is 0 Å². The first-order valence-electron chi connectivity index (χ1n) is 8.92.